The number of nitrogens with zero attached hydrogens (tertiary/aromatic N) is 1. The van der Waals surface area contributed by atoms with Crippen LogP contribution in [0.25, 0.3) is 0 Å². The summed E-state index contributed by atoms with van der Waals surface area (Å²) in [4.78, 5) is 13.1. The minimum Gasteiger partial charge on any atom is -0.370 e. The van der Waals surface area contributed by atoms with Crippen LogP contribution in [0, 0.1) is 5.92 Å². The Morgan fingerprint density at radius 3 is 2.56 bits per heavy atom. The predicted octanol–water partition coefficient (Wildman–Crippen LogP) is 0.572. The van der Waals surface area contributed by atoms with Crippen LogP contribution in [0.3, 0.4) is 0 Å². The summed E-state index contributed by atoms with van der Waals surface area (Å²) in [6.07, 6.45) is 2.82. The molecule has 0 unspecified atom stereocenters. The second-order valence-electron chi connectivity index (χ2n) is 5.14. The maximum atomic E-state index is 10.6. The molecule has 1 fully saturated rings. The number of rotatable bonds is 6. The van der Waals surface area contributed by atoms with Gasteiger partial charge in [-0.15, -0.1) is 0 Å². The molecule has 4 heteroatoms. The van der Waals surface area contributed by atoms with E-state index >= 15 is 0 Å². The maximum absolute atomic E-state index is 10.6. The highest BCUT2D eigenvalue weighted by Gasteiger charge is 2.18. The molecular weight excluding hydrogens is 202 g/mol. The third-order valence-corrected chi connectivity index (χ3v) is 3.02. The molecule has 0 aliphatic carbocycles. The summed E-state index contributed by atoms with van der Waals surface area (Å²) >= 11 is 0. The molecule has 0 spiro atoms. The zero-order valence-electron chi connectivity index (χ0n) is 10.5. The van der Waals surface area contributed by atoms with Crippen molar-refractivity contribution in [3.8, 4) is 0 Å². The van der Waals surface area contributed by atoms with E-state index in [4.69, 9.17) is 5.73 Å². The monoisotopic (exact) mass is 227 g/mol. The first-order valence-electron chi connectivity index (χ1n) is 6.32. The van der Waals surface area contributed by atoms with Crippen LogP contribution in [0.1, 0.15) is 33.1 Å². The Hall–Kier alpha value is -0.610. The lowest BCUT2D eigenvalue weighted by Gasteiger charge is -2.33. The Labute approximate surface area is 98.6 Å². The molecule has 0 aromatic rings. The van der Waals surface area contributed by atoms with Crippen molar-refractivity contribution in [2.45, 2.75) is 39.2 Å². The van der Waals surface area contributed by atoms with E-state index in [0.29, 0.717) is 12.5 Å². The summed E-state index contributed by atoms with van der Waals surface area (Å²) in [5, 5.41) is 3.40. The fourth-order valence-corrected chi connectivity index (χ4v) is 2.24. The lowest BCUT2D eigenvalue weighted by atomic mass is 10.0. The molecule has 0 atom stereocenters. The third kappa shape index (κ3) is 5.47. The van der Waals surface area contributed by atoms with Gasteiger partial charge in [-0.1, -0.05) is 13.8 Å². The fourth-order valence-electron chi connectivity index (χ4n) is 2.24. The number of hydrogen-bond acceptors (Lipinski definition) is 3. The van der Waals surface area contributed by atoms with Gasteiger partial charge in [0.1, 0.15) is 0 Å². The summed E-state index contributed by atoms with van der Waals surface area (Å²) in [6.45, 7) is 8.80. The first-order chi connectivity index (χ1) is 7.58. The number of carbonyl (C=O) groups is 1. The molecule has 0 saturated carbocycles. The van der Waals surface area contributed by atoms with Crippen molar-refractivity contribution in [1.29, 1.82) is 0 Å². The molecule has 1 aliphatic rings. The van der Waals surface area contributed by atoms with Gasteiger partial charge < -0.3 is 16.0 Å². The standard InChI is InChI=1S/C12H25N3O/c1-10(2)9-15-7-4-11(5-8-15)14-6-3-12(13)16/h10-11,14H,3-9H2,1-2H3,(H2,13,16). The van der Waals surface area contributed by atoms with Crippen LogP contribution in [0.4, 0.5) is 0 Å². The van der Waals surface area contributed by atoms with Gasteiger partial charge in [0.15, 0.2) is 0 Å². The van der Waals surface area contributed by atoms with Gasteiger partial charge in [-0.25, -0.2) is 0 Å². The Kier molecular flexibility index (Phi) is 5.77. The zero-order valence-corrected chi connectivity index (χ0v) is 10.5. The average Bonchev–Trinajstić information content (AvgIpc) is 2.19. The molecule has 1 heterocycles. The van der Waals surface area contributed by atoms with E-state index in [1.54, 1.807) is 0 Å². The highest BCUT2D eigenvalue weighted by molar-refractivity contribution is 5.73. The van der Waals surface area contributed by atoms with Crippen molar-refractivity contribution in [3.63, 3.8) is 0 Å². The maximum Gasteiger partial charge on any atom is 0.218 e. The average molecular weight is 227 g/mol. The van der Waals surface area contributed by atoms with E-state index in [-0.39, 0.29) is 5.91 Å². The highest BCUT2D eigenvalue weighted by Crippen LogP contribution is 2.11. The number of carbonyl (C=O) groups excluding carboxylic acids is 1. The lowest BCUT2D eigenvalue weighted by molar-refractivity contribution is -0.117. The Morgan fingerprint density at radius 1 is 1.44 bits per heavy atom. The minimum absolute atomic E-state index is 0.218. The van der Waals surface area contributed by atoms with Crippen molar-refractivity contribution in [2.24, 2.45) is 11.7 Å². The normalized spacial score (nSPS) is 19.2. The fraction of sp³-hybridized carbons (Fsp3) is 0.917. The van der Waals surface area contributed by atoms with Gasteiger partial charge in [-0.05, 0) is 31.8 Å². The van der Waals surface area contributed by atoms with Crippen molar-refractivity contribution in [2.75, 3.05) is 26.2 Å². The van der Waals surface area contributed by atoms with Crippen LogP contribution >= 0.6 is 0 Å². The van der Waals surface area contributed by atoms with Crippen molar-refractivity contribution in [3.05, 3.63) is 0 Å². The van der Waals surface area contributed by atoms with E-state index < -0.39 is 0 Å². The van der Waals surface area contributed by atoms with Crippen LogP contribution in [-0.2, 0) is 4.79 Å². The van der Waals surface area contributed by atoms with Crippen molar-refractivity contribution in [1.82, 2.24) is 10.2 Å². The van der Waals surface area contributed by atoms with Gasteiger partial charge in [0.2, 0.25) is 5.91 Å². The van der Waals surface area contributed by atoms with Crippen LogP contribution in [0.15, 0.2) is 0 Å². The SMILES string of the molecule is CC(C)CN1CCC(NCCC(N)=O)CC1. The Bertz CT molecular complexity index is 210. The smallest absolute Gasteiger partial charge is 0.218 e. The first kappa shape index (κ1) is 13.5. The summed E-state index contributed by atoms with van der Waals surface area (Å²) in [7, 11) is 0. The van der Waals surface area contributed by atoms with Gasteiger partial charge in [0, 0.05) is 25.6 Å². The van der Waals surface area contributed by atoms with Gasteiger partial charge in [-0.2, -0.15) is 0 Å². The van der Waals surface area contributed by atoms with Crippen molar-refractivity contribution < 1.29 is 4.79 Å². The van der Waals surface area contributed by atoms with Crippen LogP contribution in [-0.4, -0.2) is 43.0 Å². The first-order valence-corrected chi connectivity index (χ1v) is 6.32. The van der Waals surface area contributed by atoms with Gasteiger partial charge in [0.05, 0.1) is 0 Å². The number of likely N-dealkylation sites (tertiary alicyclic amines) is 1. The summed E-state index contributed by atoms with van der Waals surface area (Å²) in [5.41, 5.74) is 5.10. The highest BCUT2D eigenvalue weighted by atomic mass is 16.1. The second-order valence-corrected chi connectivity index (χ2v) is 5.14. The molecule has 94 valence electrons. The molecule has 1 amide bonds. The van der Waals surface area contributed by atoms with Gasteiger partial charge >= 0.3 is 0 Å². The Morgan fingerprint density at radius 2 is 2.06 bits per heavy atom. The molecule has 0 aromatic heterocycles. The third-order valence-electron chi connectivity index (χ3n) is 3.02. The number of piperidine rings is 1. The molecule has 4 nitrogen and oxygen atoms in total. The zero-order chi connectivity index (χ0) is 12.0. The van der Waals surface area contributed by atoms with E-state index in [1.807, 2.05) is 0 Å². The van der Waals surface area contributed by atoms with Crippen molar-refractivity contribution >= 4 is 5.91 Å². The van der Waals surface area contributed by atoms with E-state index in [0.717, 1.165) is 12.5 Å². The molecule has 16 heavy (non-hydrogen) atoms. The Balaban J connectivity index is 2.09. The van der Waals surface area contributed by atoms with E-state index in [1.165, 1.54) is 32.5 Å². The van der Waals surface area contributed by atoms with Crippen LogP contribution in [0.2, 0.25) is 0 Å². The van der Waals surface area contributed by atoms with Gasteiger partial charge in [-0.3, -0.25) is 4.79 Å². The predicted molar refractivity (Wildman–Crippen MR) is 66.1 cm³/mol. The summed E-state index contributed by atoms with van der Waals surface area (Å²) < 4.78 is 0. The number of hydrogen-bond donors (Lipinski definition) is 2. The molecule has 0 aromatic carbocycles. The molecule has 3 N–H and O–H groups in total. The van der Waals surface area contributed by atoms with Crippen LogP contribution in [0.5, 0.6) is 0 Å². The molecule has 1 saturated heterocycles. The largest absolute Gasteiger partial charge is 0.370 e. The summed E-state index contributed by atoms with van der Waals surface area (Å²) in [5.74, 6) is 0.532. The van der Waals surface area contributed by atoms with Gasteiger partial charge in [0.25, 0.3) is 0 Å². The molecule has 0 bridgehead atoms. The van der Waals surface area contributed by atoms with E-state index in [9.17, 15) is 4.79 Å². The van der Waals surface area contributed by atoms with Crippen LogP contribution < -0.4 is 11.1 Å². The quantitative estimate of drug-likeness (QED) is 0.697. The van der Waals surface area contributed by atoms with E-state index in [2.05, 4.69) is 24.1 Å². The molecule has 1 aliphatic heterocycles. The topological polar surface area (TPSA) is 58.4 Å². The molecule has 1 rings (SSSR count). The lowest BCUT2D eigenvalue weighted by Crippen LogP contribution is -2.44. The number of nitrogens with two attached hydrogens (primary N) is 1. The number of amides is 1. The minimum atomic E-state index is -0.218. The molecular formula is C12H25N3O. The number of nitrogens with one attached hydrogen (secondary N) is 1. The molecule has 0 radical (unpaired) electrons. The second kappa shape index (κ2) is 6.86. The number of primary amides is 1. The summed E-state index contributed by atoms with van der Waals surface area (Å²) in [6, 6.07) is 0.572.